The Bertz CT molecular complexity index is 726. The maximum absolute atomic E-state index is 4.65. The number of hydrogen-bond donors (Lipinski definition) is 2. The van der Waals surface area contributed by atoms with Gasteiger partial charge in [-0.1, -0.05) is 0 Å². The van der Waals surface area contributed by atoms with E-state index in [1.807, 2.05) is 12.3 Å². The maximum Gasteiger partial charge on any atom is 0.227 e. The molecule has 0 radical (unpaired) electrons. The fourth-order valence-electron chi connectivity index (χ4n) is 3.73. The Morgan fingerprint density at radius 2 is 1.92 bits per heavy atom. The van der Waals surface area contributed by atoms with Crippen LogP contribution < -0.4 is 10.2 Å². The Morgan fingerprint density at radius 1 is 1.12 bits per heavy atom. The number of H-pyrrole nitrogens is 1. The Hall–Kier alpha value is -2.15. The number of hydrogen-bond acceptors (Lipinski definition) is 6. The number of anilines is 3. The Kier molecular flexibility index (Phi) is 3.22. The molecule has 2 aromatic rings. The van der Waals surface area contributed by atoms with E-state index in [0.29, 0.717) is 5.92 Å². The molecule has 3 aliphatic rings. The number of aromatic nitrogens is 4. The van der Waals surface area contributed by atoms with Gasteiger partial charge in [0.15, 0.2) is 5.82 Å². The molecule has 7 heteroatoms. The van der Waals surface area contributed by atoms with Crippen LogP contribution in [-0.4, -0.2) is 58.3 Å². The minimum Gasteiger partial charge on any atom is -0.340 e. The van der Waals surface area contributed by atoms with E-state index in [4.69, 9.17) is 0 Å². The van der Waals surface area contributed by atoms with Crippen molar-refractivity contribution in [2.45, 2.75) is 18.8 Å². The number of rotatable bonds is 5. The van der Waals surface area contributed by atoms with Crippen molar-refractivity contribution < 1.29 is 0 Å². The zero-order chi connectivity index (χ0) is 16.1. The van der Waals surface area contributed by atoms with Crippen LogP contribution in [0.3, 0.4) is 0 Å². The second-order valence-electron chi connectivity index (χ2n) is 7.50. The summed E-state index contributed by atoms with van der Waals surface area (Å²) in [6, 6.07) is 3.99. The second-order valence-corrected chi connectivity index (χ2v) is 7.50. The molecule has 126 valence electrons. The summed E-state index contributed by atoms with van der Waals surface area (Å²) in [7, 11) is 2.19. The average Bonchev–Trinajstić information content (AvgIpc) is 3.25. The molecular formula is C17H23N7. The molecule has 1 saturated carbocycles. The molecule has 7 nitrogen and oxygen atoms in total. The third-order valence-electron chi connectivity index (χ3n) is 5.47. The predicted molar refractivity (Wildman–Crippen MR) is 92.6 cm³/mol. The van der Waals surface area contributed by atoms with Crippen molar-refractivity contribution in [3.05, 3.63) is 24.0 Å². The highest BCUT2D eigenvalue weighted by atomic mass is 15.3. The lowest BCUT2D eigenvalue weighted by Gasteiger charge is -2.49. The summed E-state index contributed by atoms with van der Waals surface area (Å²) in [4.78, 5) is 13.7. The first kappa shape index (κ1) is 14.2. The summed E-state index contributed by atoms with van der Waals surface area (Å²) >= 11 is 0. The largest absolute Gasteiger partial charge is 0.340 e. The fourth-order valence-corrected chi connectivity index (χ4v) is 3.73. The summed E-state index contributed by atoms with van der Waals surface area (Å²) in [5, 5.41) is 10.7. The molecular weight excluding hydrogens is 302 g/mol. The topological polar surface area (TPSA) is 73.0 Å². The lowest BCUT2D eigenvalue weighted by atomic mass is 9.81. The molecule has 1 aliphatic carbocycles. The molecule has 2 aliphatic heterocycles. The first-order chi connectivity index (χ1) is 11.7. The predicted octanol–water partition coefficient (Wildman–Crippen LogP) is 1.82. The van der Waals surface area contributed by atoms with Crippen LogP contribution in [0.25, 0.3) is 0 Å². The van der Waals surface area contributed by atoms with Gasteiger partial charge < -0.3 is 15.1 Å². The molecule has 2 N–H and O–H groups in total. The first-order valence-corrected chi connectivity index (χ1v) is 8.83. The van der Waals surface area contributed by atoms with Gasteiger partial charge >= 0.3 is 0 Å². The van der Waals surface area contributed by atoms with Crippen molar-refractivity contribution in [1.82, 2.24) is 25.1 Å². The summed E-state index contributed by atoms with van der Waals surface area (Å²) in [6.45, 7) is 4.64. The SMILES string of the molecule is CN1CC(C2CN(c3nccc(Nc4cc(C5CC5)[nH]n4)n3)C2)C1. The maximum atomic E-state index is 4.65. The van der Waals surface area contributed by atoms with E-state index < -0.39 is 0 Å². The van der Waals surface area contributed by atoms with Gasteiger partial charge in [-0.3, -0.25) is 5.10 Å². The number of nitrogens with one attached hydrogen (secondary N) is 2. The van der Waals surface area contributed by atoms with Gasteiger partial charge in [0, 0.05) is 50.1 Å². The van der Waals surface area contributed by atoms with Crippen molar-refractivity contribution in [3.8, 4) is 0 Å². The van der Waals surface area contributed by atoms with E-state index in [1.165, 1.54) is 31.6 Å². The van der Waals surface area contributed by atoms with Crippen LogP contribution >= 0.6 is 0 Å². The van der Waals surface area contributed by atoms with E-state index in [-0.39, 0.29) is 0 Å². The van der Waals surface area contributed by atoms with Crippen molar-refractivity contribution in [3.63, 3.8) is 0 Å². The highest BCUT2D eigenvalue weighted by Crippen LogP contribution is 2.39. The molecule has 0 atom stereocenters. The summed E-state index contributed by atoms with van der Waals surface area (Å²) < 4.78 is 0. The van der Waals surface area contributed by atoms with Crippen LogP contribution in [-0.2, 0) is 0 Å². The number of likely N-dealkylation sites (tertiary alicyclic amines) is 1. The summed E-state index contributed by atoms with van der Waals surface area (Å²) in [5.41, 5.74) is 1.22. The van der Waals surface area contributed by atoms with Crippen LogP contribution in [0.15, 0.2) is 18.3 Å². The Balaban J connectivity index is 1.22. The van der Waals surface area contributed by atoms with E-state index in [9.17, 15) is 0 Å². The van der Waals surface area contributed by atoms with Gasteiger partial charge in [0.25, 0.3) is 0 Å². The average molecular weight is 325 g/mol. The minimum absolute atomic E-state index is 0.678. The van der Waals surface area contributed by atoms with E-state index in [1.54, 1.807) is 0 Å². The summed E-state index contributed by atoms with van der Waals surface area (Å²) in [5.74, 6) is 4.80. The lowest BCUT2D eigenvalue weighted by Crippen LogP contribution is -2.59. The highest BCUT2D eigenvalue weighted by Gasteiger charge is 2.39. The third kappa shape index (κ3) is 2.62. The van der Waals surface area contributed by atoms with Gasteiger partial charge in [0.1, 0.15) is 5.82 Å². The molecule has 0 unspecified atom stereocenters. The highest BCUT2D eigenvalue weighted by molar-refractivity contribution is 5.54. The normalized spacial score (nSPS) is 22.3. The summed E-state index contributed by atoms with van der Waals surface area (Å²) in [6.07, 6.45) is 4.36. The molecule has 0 amide bonds. The molecule has 0 bridgehead atoms. The number of aromatic amines is 1. The molecule has 5 rings (SSSR count). The van der Waals surface area contributed by atoms with E-state index in [0.717, 1.165) is 42.5 Å². The van der Waals surface area contributed by atoms with Crippen molar-refractivity contribution in [1.29, 1.82) is 0 Å². The quantitative estimate of drug-likeness (QED) is 0.873. The molecule has 3 fully saturated rings. The van der Waals surface area contributed by atoms with Gasteiger partial charge in [-0.05, 0) is 37.8 Å². The molecule has 0 aromatic carbocycles. The van der Waals surface area contributed by atoms with Crippen LogP contribution in [0.4, 0.5) is 17.6 Å². The first-order valence-electron chi connectivity index (χ1n) is 8.83. The van der Waals surface area contributed by atoms with Gasteiger partial charge in [-0.15, -0.1) is 0 Å². The van der Waals surface area contributed by atoms with Crippen LogP contribution in [0.2, 0.25) is 0 Å². The van der Waals surface area contributed by atoms with E-state index in [2.05, 4.69) is 48.4 Å². The lowest BCUT2D eigenvalue weighted by molar-refractivity contribution is 0.0691. The molecule has 2 saturated heterocycles. The number of nitrogens with zero attached hydrogens (tertiary/aromatic N) is 5. The standard InChI is InChI=1S/C17H23N7/c1-23-7-12(8-23)13-9-24(10-13)17-18-5-4-15(20-17)19-16-6-14(21-22-16)11-2-3-11/h4-6,11-13H,2-3,7-10H2,1H3,(H2,18,19,20,21,22). The zero-order valence-electron chi connectivity index (χ0n) is 13.9. The monoisotopic (exact) mass is 325 g/mol. The van der Waals surface area contributed by atoms with Crippen molar-refractivity contribution >= 4 is 17.6 Å². The van der Waals surface area contributed by atoms with Crippen LogP contribution in [0, 0.1) is 11.8 Å². The molecule has 2 aromatic heterocycles. The molecule has 4 heterocycles. The smallest absolute Gasteiger partial charge is 0.227 e. The van der Waals surface area contributed by atoms with Gasteiger partial charge in [-0.25, -0.2) is 4.98 Å². The molecule has 0 spiro atoms. The zero-order valence-corrected chi connectivity index (χ0v) is 13.9. The van der Waals surface area contributed by atoms with Crippen LogP contribution in [0.5, 0.6) is 0 Å². The van der Waals surface area contributed by atoms with E-state index >= 15 is 0 Å². The van der Waals surface area contributed by atoms with Crippen molar-refractivity contribution in [2.24, 2.45) is 11.8 Å². The second kappa shape index (κ2) is 5.44. The van der Waals surface area contributed by atoms with Gasteiger partial charge in [-0.2, -0.15) is 10.1 Å². The molecule has 24 heavy (non-hydrogen) atoms. The third-order valence-corrected chi connectivity index (χ3v) is 5.47. The fraction of sp³-hybridized carbons (Fsp3) is 0.588. The Labute approximate surface area is 141 Å². The minimum atomic E-state index is 0.678. The van der Waals surface area contributed by atoms with Crippen LogP contribution in [0.1, 0.15) is 24.5 Å². The Morgan fingerprint density at radius 3 is 2.67 bits per heavy atom. The van der Waals surface area contributed by atoms with Gasteiger partial charge in [0.2, 0.25) is 5.95 Å². The van der Waals surface area contributed by atoms with Crippen molar-refractivity contribution in [2.75, 3.05) is 43.4 Å². The van der Waals surface area contributed by atoms with Gasteiger partial charge in [0.05, 0.1) is 0 Å².